The second-order valence-electron chi connectivity index (χ2n) is 4.60. The number of nitrogens with two attached hydrogens (primary N) is 1. The van der Waals surface area contributed by atoms with Crippen LogP contribution in [0.2, 0.25) is 0 Å². The number of rotatable bonds is 3. The summed E-state index contributed by atoms with van der Waals surface area (Å²) in [6.07, 6.45) is 6.05. The smallest absolute Gasteiger partial charge is 0.0576 e. The van der Waals surface area contributed by atoms with Gasteiger partial charge in [-0.05, 0) is 50.1 Å². The van der Waals surface area contributed by atoms with Gasteiger partial charge in [0.1, 0.15) is 0 Å². The Morgan fingerprint density at radius 3 is 2.81 bits per heavy atom. The summed E-state index contributed by atoms with van der Waals surface area (Å²) in [4.78, 5) is 0. The summed E-state index contributed by atoms with van der Waals surface area (Å²) in [6.45, 7) is 2.07. The Bertz CT molecular complexity index is 365. The molecule has 0 aromatic heterocycles. The normalized spacial score (nSPS) is 24.6. The number of nitrogen functional groups attached to an aromatic ring is 1. The molecule has 2 unspecified atom stereocenters. The van der Waals surface area contributed by atoms with Gasteiger partial charge in [-0.15, -0.1) is 0 Å². The van der Waals surface area contributed by atoms with Crippen molar-refractivity contribution in [2.45, 2.75) is 37.5 Å². The summed E-state index contributed by atoms with van der Waals surface area (Å²) in [7, 11) is 0. The zero-order chi connectivity index (χ0) is 11.5. The highest BCUT2D eigenvalue weighted by molar-refractivity contribution is 7.99. The van der Waals surface area contributed by atoms with E-state index >= 15 is 0 Å². The Morgan fingerprint density at radius 2 is 2.19 bits per heavy atom. The standard InChI is InChI=1S/C13H20N2S/c1-9-3-6-13(12(14)7-9)15-10-4-5-11(8-10)16-2/h3,6-7,10-11,15H,4-5,8,14H2,1-2H3. The molecule has 2 rings (SSSR count). The Morgan fingerprint density at radius 1 is 1.38 bits per heavy atom. The molecule has 0 aliphatic heterocycles. The summed E-state index contributed by atoms with van der Waals surface area (Å²) in [5.74, 6) is 0. The first-order chi connectivity index (χ1) is 7.69. The van der Waals surface area contributed by atoms with Crippen LogP contribution in [-0.4, -0.2) is 17.5 Å². The molecular weight excluding hydrogens is 216 g/mol. The number of hydrogen-bond donors (Lipinski definition) is 2. The molecule has 3 N–H and O–H groups in total. The van der Waals surface area contributed by atoms with Gasteiger partial charge in [-0.2, -0.15) is 11.8 Å². The van der Waals surface area contributed by atoms with Crippen molar-refractivity contribution in [2.24, 2.45) is 0 Å². The molecular formula is C13H20N2S. The minimum atomic E-state index is 0.599. The largest absolute Gasteiger partial charge is 0.397 e. The molecule has 0 spiro atoms. The molecule has 2 atom stereocenters. The predicted octanol–water partition coefficient (Wildman–Crippen LogP) is 3.27. The van der Waals surface area contributed by atoms with Crippen LogP contribution in [0.25, 0.3) is 0 Å². The lowest BCUT2D eigenvalue weighted by molar-refractivity contribution is 0.757. The molecule has 2 nitrogen and oxygen atoms in total. The molecule has 1 fully saturated rings. The van der Waals surface area contributed by atoms with Gasteiger partial charge in [0, 0.05) is 11.3 Å². The van der Waals surface area contributed by atoms with E-state index in [0.29, 0.717) is 6.04 Å². The summed E-state index contributed by atoms with van der Waals surface area (Å²) in [6, 6.07) is 6.84. The number of benzene rings is 1. The van der Waals surface area contributed by atoms with Crippen LogP contribution in [0.3, 0.4) is 0 Å². The number of aryl methyl sites for hydroxylation is 1. The molecule has 0 bridgehead atoms. The highest BCUT2D eigenvalue weighted by Gasteiger charge is 2.23. The van der Waals surface area contributed by atoms with Crippen LogP contribution in [0.4, 0.5) is 11.4 Å². The van der Waals surface area contributed by atoms with E-state index in [-0.39, 0.29) is 0 Å². The third kappa shape index (κ3) is 2.64. The fraction of sp³-hybridized carbons (Fsp3) is 0.538. The number of anilines is 2. The van der Waals surface area contributed by atoms with Gasteiger partial charge in [0.15, 0.2) is 0 Å². The van der Waals surface area contributed by atoms with Gasteiger partial charge in [-0.25, -0.2) is 0 Å². The van der Waals surface area contributed by atoms with Gasteiger partial charge in [-0.1, -0.05) is 6.07 Å². The van der Waals surface area contributed by atoms with E-state index in [4.69, 9.17) is 5.73 Å². The fourth-order valence-corrected chi connectivity index (χ4v) is 3.12. The molecule has 3 heteroatoms. The van der Waals surface area contributed by atoms with Crippen LogP contribution in [-0.2, 0) is 0 Å². The van der Waals surface area contributed by atoms with Crippen LogP contribution in [0.1, 0.15) is 24.8 Å². The monoisotopic (exact) mass is 236 g/mol. The van der Waals surface area contributed by atoms with E-state index in [1.807, 2.05) is 17.8 Å². The predicted molar refractivity (Wildman–Crippen MR) is 74.2 cm³/mol. The second-order valence-corrected chi connectivity index (χ2v) is 5.74. The summed E-state index contributed by atoms with van der Waals surface area (Å²) in [5.41, 5.74) is 9.18. The number of nitrogens with one attached hydrogen (secondary N) is 1. The van der Waals surface area contributed by atoms with Gasteiger partial charge in [0.25, 0.3) is 0 Å². The van der Waals surface area contributed by atoms with Crippen molar-refractivity contribution < 1.29 is 0 Å². The van der Waals surface area contributed by atoms with E-state index in [2.05, 4.69) is 30.6 Å². The third-order valence-corrected chi connectivity index (χ3v) is 4.38. The average molecular weight is 236 g/mol. The molecule has 88 valence electrons. The van der Waals surface area contributed by atoms with Gasteiger partial charge in [-0.3, -0.25) is 0 Å². The maximum atomic E-state index is 6.00. The molecule has 1 aliphatic carbocycles. The van der Waals surface area contributed by atoms with E-state index in [1.54, 1.807) is 0 Å². The number of hydrogen-bond acceptors (Lipinski definition) is 3. The van der Waals surface area contributed by atoms with E-state index in [0.717, 1.165) is 16.6 Å². The van der Waals surface area contributed by atoms with Crippen LogP contribution in [0.5, 0.6) is 0 Å². The SMILES string of the molecule is CSC1CCC(Nc2ccc(C)cc2N)C1. The topological polar surface area (TPSA) is 38.0 Å². The Labute approximate surface area is 102 Å². The first-order valence-electron chi connectivity index (χ1n) is 5.84. The summed E-state index contributed by atoms with van der Waals surface area (Å²) >= 11 is 1.98. The molecule has 16 heavy (non-hydrogen) atoms. The second kappa shape index (κ2) is 5.00. The summed E-state index contributed by atoms with van der Waals surface area (Å²) in [5, 5.41) is 4.39. The first kappa shape index (κ1) is 11.6. The molecule has 0 heterocycles. The van der Waals surface area contributed by atoms with Gasteiger partial charge in [0.05, 0.1) is 11.4 Å². The minimum absolute atomic E-state index is 0.599. The van der Waals surface area contributed by atoms with Gasteiger partial charge >= 0.3 is 0 Å². The van der Waals surface area contributed by atoms with Crippen molar-refractivity contribution in [3.05, 3.63) is 23.8 Å². The van der Waals surface area contributed by atoms with Crippen LogP contribution < -0.4 is 11.1 Å². The zero-order valence-corrected chi connectivity index (χ0v) is 10.8. The Kier molecular flexibility index (Phi) is 3.64. The minimum Gasteiger partial charge on any atom is -0.397 e. The van der Waals surface area contributed by atoms with Crippen LogP contribution in [0.15, 0.2) is 18.2 Å². The lowest BCUT2D eigenvalue weighted by atomic mass is 10.1. The van der Waals surface area contributed by atoms with E-state index < -0.39 is 0 Å². The van der Waals surface area contributed by atoms with Crippen molar-refractivity contribution in [1.29, 1.82) is 0 Å². The quantitative estimate of drug-likeness (QED) is 0.791. The maximum absolute atomic E-state index is 6.00. The molecule has 1 aromatic carbocycles. The van der Waals surface area contributed by atoms with Crippen LogP contribution in [0, 0.1) is 6.92 Å². The third-order valence-electron chi connectivity index (χ3n) is 3.28. The van der Waals surface area contributed by atoms with Crippen molar-refractivity contribution in [3.8, 4) is 0 Å². The van der Waals surface area contributed by atoms with Crippen molar-refractivity contribution in [2.75, 3.05) is 17.3 Å². The fourth-order valence-electron chi connectivity index (χ4n) is 2.32. The van der Waals surface area contributed by atoms with Gasteiger partial charge in [0.2, 0.25) is 0 Å². The Hall–Kier alpha value is -0.830. The maximum Gasteiger partial charge on any atom is 0.0576 e. The highest BCUT2D eigenvalue weighted by atomic mass is 32.2. The molecule has 0 saturated heterocycles. The molecule has 0 amide bonds. The van der Waals surface area contributed by atoms with Gasteiger partial charge < -0.3 is 11.1 Å². The van der Waals surface area contributed by atoms with Crippen molar-refractivity contribution >= 4 is 23.1 Å². The molecule has 0 radical (unpaired) electrons. The highest BCUT2D eigenvalue weighted by Crippen LogP contribution is 2.31. The Balaban J connectivity index is 1.99. The summed E-state index contributed by atoms with van der Waals surface area (Å²) < 4.78 is 0. The average Bonchev–Trinajstić information content (AvgIpc) is 2.70. The molecule has 1 aromatic rings. The first-order valence-corrected chi connectivity index (χ1v) is 7.13. The lowest BCUT2D eigenvalue weighted by Gasteiger charge is -2.16. The van der Waals surface area contributed by atoms with Crippen molar-refractivity contribution in [3.63, 3.8) is 0 Å². The van der Waals surface area contributed by atoms with E-state index in [1.165, 1.54) is 24.8 Å². The lowest BCUT2D eigenvalue weighted by Crippen LogP contribution is -2.16. The van der Waals surface area contributed by atoms with Crippen LogP contribution >= 0.6 is 11.8 Å². The van der Waals surface area contributed by atoms with E-state index in [9.17, 15) is 0 Å². The number of thioether (sulfide) groups is 1. The molecule has 1 saturated carbocycles. The molecule has 1 aliphatic rings. The van der Waals surface area contributed by atoms with Crippen molar-refractivity contribution in [1.82, 2.24) is 0 Å². The zero-order valence-electron chi connectivity index (χ0n) is 9.99.